The maximum Gasteiger partial charge on any atom is 0.151 e. The molecule has 0 aliphatic carbocycles. The third-order valence-corrected chi connectivity index (χ3v) is 2.49. The third-order valence-electron chi connectivity index (χ3n) is 2.49. The van der Waals surface area contributed by atoms with Crippen LogP contribution in [0.2, 0.25) is 0 Å². The molecule has 0 radical (unpaired) electrons. The van der Waals surface area contributed by atoms with E-state index in [1.807, 2.05) is 19.3 Å². The molecule has 1 N–H and O–H groups in total. The van der Waals surface area contributed by atoms with Crippen LogP contribution in [0.3, 0.4) is 0 Å². The summed E-state index contributed by atoms with van der Waals surface area (Å²) in [7, 11) is 1.88. The highest BCUT2D eigenvalue weighted by Crippen LogP contribution is 1.95. The van der Waals surface area contributed by atoms with Crippen molar-refractivity contribution in [2.45, 2.75) is 12.8 Å². The van der Waals surface area contributed by atoms with Crippen molar-refractivity contribution in [1.82, 2.24) is 25.1 Å². The van der Waals surface area contributed by atoms with Crippen molar-refractivity contribution in [3.8, 4) is 0 Å². The first-order valence-corrected chi connectivity index (χ1v) is 5.79. The van der Waals surface area contributed by atoms with Crippen molar-refractivity contribution >= 4 is 0 Å². The summed E-state index contributed by atoms with van der Waals surface area (Å²) in [6.07, 6.45) is 7.30. The Balaban J connectivity index is 1.61. The minimum atomic E-state index is 0.869. The fraction of sp³-hybridized carbons (Fsp3) is 0.417. The Morgan fingerprint density at radius 1 is 1.29 bits per heavy atom. The van der Waals surface area contributed by atoms with Crippen LogP contribution in [0, 0.1) is 0 Å². The van der Waals surface area contributed by atoms with Gasteiger partial charge < -0.3 is 5.32 Å². The van der Waals surface area contributed by atoms with Crippen LogP contribution in [-0.2, 0) is 19.9 Å². The number of aromatic nitrogens is 4. The van der Waals surface area contributed by atoms with E-state index in [4.69, 9.17) is 0 Å². The molecular formula is C12H17N5. The molecule has 2 rings (SSSR count). The molecule has 0 fully saturated rings. The van der Waals surface area contributed by atoms with Crippen molar-refractivity contribution in [2.24, 2.45) is 7.05 Å². The van der Waals surface area contributed by atoms with Gasteiger partial charge in [0.2, 0.25) is 0 Å². The van der Waals surface area contributed by atoms with Crippen LogP contribution >= 0.6 is 0 Å². The molecule has 0 saturated heterocycles. The van der Waals surface area contributed by atoms with Gasteiger partial charge in [0.25, 0.3) is 0 Å². The molecule has 17 heavy (non-hydrogen) atoms. The Bertz CT molecular complexity index is 437. The predicted molar refractivity (Wildman–Crippen MR) is 65.5 cm³/mol. The lowest BCUT2D eigenvalue weighted by Crippen LogP contribution is -2.20. The van der Waals surface area contributed by atoms with Gasteiger partial charge in [-0.25, -0.2) is 4.98 Å². The Kier molecular flexibility index (Phi) is 4.21. The van der Waals surface area contributed by atoms with Crippen molar-refractivity contribution in [3.05, 3.63) is 42.2 Å². The summed E-state index contributed by atoms with van der Waals surface area (Å²) < 4.78 is 1.73. The van der Waals surface area contributed by atoms with E-state index < -0.39 is 0 Å². The first kappa shape index (κ1) is 11.7. The standard InChI is InChI=1S/C12H17N5/c1-17-10-15-12(16-17)5-8-13-7-4-11-3-2-6-14-9-11/h2-3,6,9-10,13H,4-5,7-8H2,1H3. The van der Waals surface area contributed by atoms with E-state index in [9.17, 15) is 0 Å². The first-order valence-electron chi connectivity index (χ1n) is 5.79. The van der Waals surface area contributed by atoms with Gasteiger partial charge in [0.15, 0.2) is 5.82 Å². The van der Waals surface area contributed by atoms with E-state index in [1.54, 1.807) is 17.2 Å². The van der Waals surface area contributed by atoms with Gasteiger partial charge in [-0.15, -0.1) is 0 Å². The zero-order chi connectivity index (χ0) is 11.9. The topological polar surface area (TPSA) is 55.6 Å². The smallest absolute Gasteiger partial charge is 0.151 e. The zero-order valence-electron chi connectivity index (χ0n) is 10.0. The fourth-order valence-corrected chi connectivity index (χ4v) is 1.60. The minimum absolute atomic E-state index is 0.869. The van der Waals surface area contributed by atoms with Crippen LogP contribution in [0.15, 0.2) is 30.9 Å². The second-order valence-electron chi connectivity index (χ2n) is 3.95. The summed E-state index contributed by atoms with van der Waals surface area (Å²) in [5.74, 6) is 0.890. The van der Waals surface area contributed by atoms with Gasteiger partial charge in [-0.05, 0) is 24.6 Å². The van der Waals surface area contributed by atoms with E-state index in [0.717, 1.165) is 31.8 Å². The number of pyridine rings is 1. The van der Waals surface area contributed by atoms with Gasteiger partial charge in [0.05, 0.1) is 0 Å². The second-order valence-corrected chi connectivity index (χ2v) is 3.95. The summed E-state index contributed by atoms with van der Waals surface area (Å²) >= 11 is 0. The molecule has 0 aliphatic heterocycles. The minimum Gasteiger partial charge on any atom is -0.316 e. The molecule has 0 spiro atoms. The van der Waals surface area contributed by atoms with Crippen molar-refractivity contribution in [1.29, 1.82) is 0 Å². The van der Waals surface area contributed by atoms with Gasteiger partial charge >= 0.3 is 0 Å². The van der Waals surface area contributed by atoms with Crippen molar-refractivity contribution in [2.75, 3.05) is 13.1 Å². The Morgan fingerprint density at radius 2 is 2.18 bits per heavy atom. The van der Waals surface area contributed by atoms with Crippen LogP contribution in [0.1, 0.15) is 11.4 Å². The van der Waals surface area contributed by atoms with E-state index in [0.29, 0.717) is 0 Å². The lowest BCUT2D eigenvalue weighted by Gasteiger charge is -2.02. The molecule has 5 nitrogen and oxygen atoms in total. The first-order chi connectivity index (χ1) is 8.34. The van der Waals surface area contributed by atoms with Gasteiger partial charge in [0.1, 0.15) is 6.33 Å². The summed E-state index contributed by atoms with van der Waals surface area (Å²) in [4.78, 5) is 8.26. The van der Waals surface area contributed by atoms with Crippen LogP contribution in [-0.4, -0.2) is 32.8 Å². The molecular weight excluding hydrogens is 214 g/mol. The van der Waals surface area contributed by atoms with Gasteiger partial charge in [0, 0.05) is 32.4 Å². The van der Waals surface area contributed by atoms with Crippen molar-refractivity contribution < 1.29 is 0 Å². The average Bonchev–Trinajstić information content (AvgIpc) is 2.76. The largest absolute Gasteiger partial charge is 0.316 e. The highest BCUT2D eigenvalue weighted by Gasteiger charge is 1.98. The zero-order valence-corrected chi connectivity index (χ0v) is 10.0. The number of aryl methyl sites for hydroxylation is 1. The highest BCUT2D eigenvalue weighted by atomic mass is 15.3. The van der Waals surface area contributed by atoms with Crippen LogP contribution in [0.5, 0.6) is 0 Å². The highest BCUT2D eigenvalue weighted by molar-refractivity contribution is 5.08. The molecule has 0 atom stereocenters. The van der Waals surface area contributed by atoms with E-state index >= 15 is 0 Å². The fourth-order valence-electron chi connectivity index (χ4n) is 1.60. The van der Waals surface area contributed by atoms with Crippen LogP contribution < -0.4 is 5.32 Å². The molecule has 0 amide bonds. The van der Waals surface area contributed by atoms with Crippen LogP contribution in [0.4, 0.5) is 0 Å². The number of rotatable bonds is 6. The molecule has 0 aliphatic rings. The predicted octanol–water partition coefficient (Wildman–Crippen LogP) is 0.585. The van der Waals surface area contributed by atoms with Gasteiger partial charge in [-0.3, -0.25) is 9.67 Å². The summed E-state index contributed by atoms with van der Waals surface area (Å²) in [6.45, 7) is 1.86. The number of nitrogens with zero attached hydrogens (tertiary/aromatic N) is 4. The molecule has 0 bridgehead atoms. The molecule has 90 valence electrons. The molecule has 0 unspecified atom stereocenters. The van der Waals surface area contributed by atoms with Crippen LogP contribution in [0.25, 0.3) is 0 Å². The normalized spacial score (nSPS) is 10.6. The third kappa shape index (κ3) is 3.96. The maximum absolute atomic E-state index is 4.22. The lowest BCUT2D eigenvalue weighted by atomic mass is 10.2. The Labute approximate surface area is 101 Å². The van der Waals surface area contributed by atoms with Crippen molar-refractivity contribution in [3.63, 3.8) is 0 Å². The van der Waals surface area contributed by atoms with E-state index in [2.05, 4.69) is 26.4 Å². The van der Waals surface area contributed by atoms with E-state index in [-0.39, 0.29) is 0 Å². The summed E-state index contributed by atoms with van der Waals surface area (Å²) in [5, 5.41) is 7.60. The van der Waals surface area contributed by atoms with Gasteiger partial charge in [-0.1, -0.05) is 6.07 Å². The maximum atomic E-state index is 4.22. The molecule has 0 aromatic carbocycles. The molecule has 2 aromatic rings. The van der Waals surface area contributed by atoms with E-state index in [1.165, 1.54) is 5.56 Å². The SMILES string of the molecule is Cn1cnc(CCNCCc2cccnc2)n1. The molecule has 0 saturated carbocycles. The molecule has 2 heterocycles. The number of hydrogen-bond acceptors (Lipinski definition) is 4. The summed E-state index contributed by atoms with van der Waals surface area (Å²) in [5.41, 5.74) is 1.26. The molecule has 5 heteroatoms. The Morgan fingerprint density at radius 3 is 2.88 bits per heavy atom. The Hall–Kier alpha value is -1.75. The number of hydrogen-bond donors (Lipinski definition) is 1. The lowest BCUT2D eigenvalue weighted by molar-refractivity contribution is 0.658. The molecule has 2 aromatic heterocycles. The van der Waals surface area contributed by atoms with Gasteiger partial charge in [-0.2, -0.15) is 5.10 Å². The quantitative estimate of drug-likeness (QED) is 0.739. The average molecular weight is 231 g/mol. The monoisotopic (exact) mass is 231 g/mol. The summed E-state index contributed by atoms with van der Waals surface area (Å²) in [6, 6.07) is 4.06. The second kappa shape index (κ2) is 6.10. The number of nitrogens with one attached hydrogen (secondary N) is 1.